The molecule has 4 aromatic rings. The summed E-state index contributed by atoms with van der Waals surface area (Å²) in [6.45, 7) is 2.89. The molecule has 1 aromatic heterocycles. The first-order valence-electron chi connectivity index (χ1n) is 11.7. The van der Waals surface area contributed by atoms with E-state index >= 15 is 0 Å². The molecule has 0 spiro atoms. The number of anilines is 4. The molecule has 0 unspecified atom stereocenters. The maximum Gasteiger partial charge on any atom is 0.255 e. The average molecular weight is 502 g/mol. The minimum Gasteiger partial charge on any atom is -0.366 e. The van der Waals surface area contributed by atoms with E-state index in [2.05, 4.69) is 20.5 Å². The van der Waals surface area contributed by atoms with Crippen LogP contribution in [0.15, 0.2) is 72.9 Å². The molecule has 0 saturated heterocycles. The molecular weight excluding hydrogens is 477 g/mol. The highest BCUT2D eigenvalue weighted by Gasteiger charge is 2.21. The Hall–Kier alpha value is -3.97. The van der Waals surface area contributed by atoms with Crippen LogP contribution in [0.3, 0.4) is 0 Å². The first-order valence-corrected chi connectivity index (χ1v) is 12.1. The van der Waals surface area contributed by atoms with Gasteiger partial charge in [-0.1, -0.05) is 29.8 Å². The van der Waals surface area contributed by atoms with Gasteiger partial charge in [-0.05, 0) is 66.6 Å². The van der Waals surface area contributed by atoms with Crippen molar-refractivity contribution in [3.8, 4) is 0 Å². The zero-order valence-electron chi connectivity index (χ0n) is 19.8. The van der Waals surface area contributed by atoms with E-state index in [1.54, 1.807) is 24.3 Å². The van der Waals surface area contributed by atoms with E-state index in [4.69, 9.17) is 16.6 Å². The minimum atomic E-state index is -0.572. The van der Waals surface area contributed by atoms with Gasteiger partial charge in [-0.25, -0.2) is 14.4 Å². The van der Waals surface area contributed by atoms with Crippen LogP contribution in [0.2, 0.25) is 5.02 Å². The molecule has 2 heterocycles. The fourth-order valence-corrected chi connectivity index (χ4v) is 4.40. The molecule has 36 heavy (non-hydrogen) atoms. The molecule has 0 bridgehead atoms. The SMILES string of the molecule is Cc1ccc(C(=O)Nc2cccc(CF)c2)cc1N1CCc2nc(Nc3ccc(Cl)cc3)ncc2C1. The fraction of sp³-hybridized carbons (Fsp3) is 0.179. The van der Waals surface area contributed by atoms with E-state index < -0.39 is 6.67 Å². The van der Waals surface area contributed by atoms with Crippen molar-refractivity contribution in [1.82, 2.24) is 9.97 Å². The van der Waals surface area contributed by atoms with Crippen LogP contribution in [-0.2, 0) is 19.6 Å². The van der Waals surface area contributed by atoms with Gasteiger partial charge in [-0.2, -0.15) is 0 Å². The number of aryl methyl sites for hydroxylation is 1. The highest BCUT2D eigenvalue weighted by atomic mass is 35.5. The number of hydrogen-bond acceptors (Lipinski definition) is 5. The third kappa shape index (κ3) is 5.31. The summed E-state index contributed by atoms with van der Waals surface area (Å²) < 4.78 is 13.0. The molecule has 0 aliphatic carbocycles. The molecule has 1 aliphatic heterocycles. The number of alkyl halides is 1. The van der Waals surface area contributed by atoms with Crippen molar-refractivity contribution in [2.45, 2.75) is 26.6 Å². The van der Waals surface area contributed by atoms with Gasteiger partial charge in [0.15, 0.2) is 0 Å². The number of carbonyl (C=O) groups is 1. The highest BCUT2D eigenvalue weighted by molar-refractivity contribution is 6.30. The Morgan fingerprint density at radius 3 is 2.72 bits per heavy atom. The van der Waals surface area contributed by atoms with Gasteiger partial charge in [0.25, 0.3) is 5.91 Å². The predicted molar refractivity (Wildman–Crippen MR) is 142 cm³/mol. The van der Waals surface area contributed by atoms with Crippen molar-refractivity contribution in [3.63, 3.8) is 0 Å². The van der Waals surface area contributed by atoms with E-state index in [9.17, 15) is 9.18 Å². The molecule has 2 N–H and O–H groups in total. The van der Waals surface area contributed by atoms with Gasteiger partial charge in [-0.3, -0.25) is 4.79 Å². The predicted octanol–water partition coefficient (Wildman–Crippen LogP) is 6.47. The molecule has 5 rings (SSSR count). The number of carbonyl (C=O) groups excluding carboxylic acids is 1. The minimum absolute atomic E-state index is 0.231. The molecule has 1 aliphatic rings. The number of nitrogens with zero attached hydrogens (tertiary/aromatic N) is 3. The lowest BCUT2D eigenvalue weighted by Crippen LogP contribution is -2.32. The van der Waals surface area contributed by atoms with Gasteiger partial charge in [0.1, 0.15) is 6.67 Å². The standard InChI is InChI=1S/C28H25ClFN5O/c1-18-5-6-20(27(36)32-24-4-2-3-19(13-24)15-30)14-26(18)35-12-11-25-21(17-35)16-31-28(34-25)33-23-9-7-22(29)8-10-23/h2-10,13-14,16H,11-12,15,17H2,1H3,(H,32,36)(H,31,33,34). The molecule has 0 radical (unpaired) electrons. The van der Waals surface area contributed by atoms with Crippen LogP contribution in [0.25, 0.3) is 0 Å². The van der Waals surface area contributed by atoms with Crippen LogP contribution in [0.1, 0.15) is 32.7 Å². The summed E-state index contributed by atoms with van der Waals surface area (Å²) in [6, 6.07) is 19.9. The molecule has 3 aromatic carbocycles. The van der Waals surface area contributed by atoms with Gasteiger partial charge >= 0.3 is 0 Å². The smallest absolute Gasteiger partial charge is 0.255 e. The molecule has 6 nitrogen and oxygen atoms in total. The Morgan fingerprint density at radius 2 is 1.92 bits per heavy atom. The lowest BCUT2D eigenvalue weighted by atomic mass is 10.0. The molecule has 1 amide bonds. The van der Waals surface area contributed by atoms with Gasteiger partial charge in [0, 0.05) is 58.9 Å². The van der Waals surface area contributed by atoms with Gasteiger partial charge in [0.2, 0.25) is 5.95 Å². The first kappa shape index (κ1) is 23.8. The fourth-order valence-electron chi connectivity index (χ4n) is 4.27. The van der Waals surface area contributed by atoms with Gasteiger partial charge < -0.3 is 15.5 Å². The molecular formula is C28H25ClFN5O. The number of rotatable bonds is 6. The normalized spacial score (nSPS) is 12.7. The Morgan fingerprint density at radius 1 is 1.08 bits per heavy atom. The Balaban J connectivity index is 1.31. The van der Waals surface area contributed by atoms with Crippen molar-refractivity contribution in [2.24, 2.45) is 0 Å². The van der Waals surface area contributed by atoms with E-state index in [1.807, 2.05) is 55.6 Å². The summed E-state index contributed by atoms with van der Waals surface area (Å²) in [4.78, 5) is 24.4. The Kier molecular flexibility index (Phi) is 6.82. The summed E-state index contributed by atoms with van der Waals surface area (Å²) in [6.07, 6.45) is 2.62. The van der Waals surface area contributed by atoms with Crippen LogP contribution in [0, 0.1) is 6.92 Å². The number of nitrogens with one attached hydrogen (secondary N) is 2. The zero-order chi connectivity index (χ0) is 25.1. The first-order chi connectivity index (χ1) is 17.5. The molecule has 0 saturated carbocycles. The van der Waals surface area contributed by atoms with E-state index in [0.29, 0.717) is 34.3 Å². The second-order valence-corrected chi connectivity index (χ2v) is 9.19. The average Bonchev–Trinajstić information content (AvgIpc) is 2.90. The van der Waals surface area contributed by atoms with Crippen molar-refractivity contribution in [2.75, 3.05) is 22.1 Å². The number of benzene rings is 3. The van der Waals surface area contributed by atoms with Gasteiger partial charge in [0.05, 0.1) is 5.69 Å². The highest BCUT2D eigenvalue weighted by Crippen LogP contribution is 2.28. The maximum atomic E-state index is 13.0. The van der Waals surface area contributed by atoms with Crippen LogP contribution >= 0.6 is 11.6 Å². The molecule has 8 heteroatoms. The summed E-state index contributed by atoms with van der Waals surface area (Å²) in [7, 11) is 0. The lowest BCUT2D eigenvalue weighted by molar-refractivity contribution is 0.102. The zero-order valence-corrected chi connectivity index (χ0v) is 20.5. The maximum absolute atomic E-state index is 13.0. The summed E-state index contributed by atoms with van der Waals surface area (Å²) >= 11 is 5.96. The largest absolute Gasteiger partial charge is 0.366 e. The molecule has 182 valence electrons. The quantitative estimate of drug-likeness (QED) is 0.317. The second-order valence-electron chi connectivity index (χ2n) is 8.76. The Bertz CT molecular complexity index is 1410. The third-order valence-corrected chi connectivity index (χ3v) is 6.44. The second kappa shape index (κ2) is 10.3. The monoisotopic (exact) mass is 501 g/mol. The van der Waals surface area contributed by atoms with Crippen LogP contribution in [0.4, 0.5) is 27.4 Å². The number of halogens is 2. The summed E-state index contributed by atoms with van der Waals surface area (Å²) in [5.74, 6) is 0.321. The van der Waals surface area contributed by atoms with E-state index in [1.165, 1.54) is 0 Å². The van der Waals surface area contributed by atoms with Gasteiger partial charge in [-0.15, -0.1) is 0 Å². The Labute approximate surface area is 214 Å². The molecule has 0 fully saturated rings. The molecule has 0 atom stereocenters. The summed E-state index contributed by atoms with van der Waals surface area (Å²) in [5.41, 5.74) is 6.66. The van der Waals surface area contributed by atoms with Crippen LogP contribution < -0.4 is 15.5 Å². The van der Waals surface area contributed by atoms with E-state index in [0.717, 1.165) is 41.2 Å². The number of hydrogen-bond donors (Lipinski definition) is 2. The van der Waals surface area contributed by atoms with Crippen molar-refractivity contribution in [1.29, 1.82) is 0 Å². The van der Waals surface area contributed by atoms with Crippen molar-refractivity contribution < 1.29 is 9.18 Å². The van der Waals surface area contributed by atoms with Crippen LogP contribution in [0.5, 0.6) is 0 Å². The number of aromatic nitrogens is 2. The summed E-state index contributed by atoms with van der Waals surface area (Å²) in [5, 5.41) is 6.77. The van der Waals surface area contributed by atoms with E-state index in [-0.39, 0.29) is 5.91 Å². The third-order valence-electron chi connectivity index (χ3n) is 6.19. The topological polar surface area (TPSA) is 70.2 Å². The lowest BCUT2D eigenvalue weighted by Gasteiger charge is -2.31. The van der Waals surface area contributed by atoms with Crippen molar-refractivity contribution in [3.05, 3.63) is 106 Å². The van der Waals surface area contributed by atoms with Crippen LogP contribution in [-0.4, -0.2) is 22.4 Å². The number of amides is 1. The number of fused-ring (bicyclic) bond motifs is 1. The van der Waals surface area contributed by atoms with Crippen molar-refractivity contribution >= 4 is 40.5 Å².